The lowest BCUT2D eigenvalue weighted by atomic mass is 10.2. The number of furan rings is 1. The summed E-state index contributed by atoms with van der Waals surface area (Å²) in [6.45, 7) is 2.06. The first-order valence-electron chi connectivity index (χ1n) is 7.37. The molecule has 2 amide bonds. The van der Waals surface area contributed by atoms with Crippen LogP contribution in [0.5, 0.6) is 0 Å². The highest BCUT2D eigenvalue weighted by Crippen LogP contribution is 2.17. The first-order chi connectivity index (χ1) is 12.0. The molecule has 0 fully saturated rings. The average molecular weight is 359 g/mol. The Kier molecular flexibility index (Phi) is 4.90. The Bertz CT molecular complexity index is 919. The molecule has 0 atom stereocenters. The van der Waals surface area contributed by atoms with Crippen molar-refractivity contribution in [3.05, 3.63) is 70.4 Å². The van der Waals surface area contributed by atoms with E-state index in [1.54, 1.807) is 6.07 Å². The number of benzene rings is 1. The second kappa shape index (κ2) is 7.27. The van der Waals surface area contributed by atoms with Crippen molar-refractivity contribution >= 4 is 28.3 Å². The number of nitrogens with zero attached hydrogens (tertiary/aromatic N) is 1. The van der Waals surface area contributed by atoms with E-state index in [-0.39, 0.29) is 28.8 Å². The summed E-state index contributed by atoms with van der Waals surface area (Å²) < 4.78 is 18.5. The Morgan fingerprint density at radius 2 is 2.08 bits per heavy atom. The van der Waals surface area contributed by atoms with E-state index in [0.717, 1.165) is 23.2 Å². The second-order valence-corrected chi connectivity index (χ2v) is 6.06. The van der Waals surface area contributed by atoms with Crippen LogP contribution in [-0.2, 0) is 6.54 Å². The molecule has 8 heteroatoms. The number of hydrogen-bond donors (Lipinski definition) is 2. The van der Waals surface area contributed by atoms with E-state index in [0.29, 0.717) is 5.76 Å². The Morgan fingerprint density at radius 3 is 2.80 bits per heavy atom. The van der Waals surface area contributed by atoms with Crippen LogP contribution in [0.15, 0.2) is 46.2 Å². The second-order valence-electron chi connectivity index (χ2n) is 5.20. The minimum atomic E-state index is -0.500. The quantitative estimate of drug-likeness (QED) is 0.731. The van der Waals surface area contributed by atoms with Gasteiger partial charge in [-0.3, -0.25) is 14.9 Å². The molecular formula is C17H14FN3O3S. The summed E-state index contributed by atoms with van der Waals surface area (Å²) in [7, 11) is 0. The Morgan fingerprint density at radius 1 is 1.24 bits per heavy atom. The van der Waals surface area contributed by atoms with Crippen molar-refractivity contribution in [3.63, 3.8) is 0 Å². The maximum absolute atomic E-state index is 13.1. The first-order valence-corrected chi connectivity index (χ1v) is 8.25. The van der Waals surface area contributed by atoms with Gasteiger partial charge in [-0.15, -0.1) is 11.3 Å². The lowest BCUT2D eigenvalue weighted by molar-refractivity contribution is 0.0942. The smallest absolute Gasteiger partial charge is 0.271 e. The molecule has 3 aromatic rings. The fraction of sp³-hybridized carbons (Fsp3) is 0.118. The van der Waals surface area contributed by atoms with Crippen LogP contribution in [0.3, 0.4) is 0 Å². The van der Waals surface area contributed by atoms with E-state index in [2.05, 4.69) is 15.6 Å². The number of halogens is 1. The van der Waals surface area contributed by atoms with E-state index in [9.17, 15) is 14.0 Å². The standard InChI is InChI=1S/C17H14FN3O3S/c1-10-5-6-13(24-10)8-19-16(23)14-9-25-17(20-14)21-15(22)11-3-2-4-12(18)7-11/h2-7,9H,8H2,1H3,(H,19,23)(H,20,21,22). The molecule has 0 radical (unpaired) electrons. The fourth-order valence-corrected chi connectivity index (χ4v) is 2.76. The molecule has 1 aromatic carbocycles. The zero-order chi connectivity index (χ0) is 17.8. The number of rotatable bonds is 5. The minimum absolute atomic E-state index is 0.175. The topological polar surface area (TPSA) is 84.2 Å². The van der Waals surface area contributed by atoms with Gasteiger partial charge >= 0.3 is 0 Å². The Labute approximate surface area is 146 Å². The van der Waals surface area contributed by atoms with Crippen molar-refractivity contribution < 1.29 is 18.4 Å². The van der Waals surface area contributed by atoms with Gasteiger partial charge in [0.15, 0.2) is 5.13 Å². The van der Waals surface area contributed by atoms with Gasteiger partial charge in [0.2, 0.25) is 0 Å². The SMILES string of the molecule is Cc1ccc(CNC(=O)c2csc(NC(=O)c3cccc(F)c3)n2)o1. The van der Waals surface area contributed by atoms with E-state index in [4.69, 9.17) is 4.42 Å². The van der Waals surface area contributed by atoms with E-state index in [1.165, 1.54) is 23.6 Å². The third-order valence-corrected chi connectivity index (χ3v) is 4.02. The highest BCUT2D eigenvalue weighted by Gasteiger charge is 2.14. The third kappa shape index (κ3) is 4.30. The summed E-state index contributed by atoms with van der Waals surface area (Å²) in [5.74, 6) is 0.0319. The molecule has 0 aliphatic heterocycles. The van der Waals surface area contributed by atoms with Crippen LogP contribution in [0.2, 0.25) is 0 Å². The Balaban J connectivity index is 1.59. The molecule has 0 aliphatic carbocycles. The molecule has 0 saturated heterocycles. The van der Waals surface area contributed by atoms with Crippen LogP contribution in [0.4, 0.5) is 9.52 Å². The number of thiazole rings is 1. The minimum Gasteiger partial charge on any atom is -0.465 e. The maximum atomic E-state index is 13.1. The third-order valence-electron chi connectivity index (χ3n) is 3.26. The molecule has 0 aliphatic rings. The molecule has 0 saturated carbocycles. The van der Waals surface area contributed by atoms with Crippen molar-refractivity contribution in [2.24, 2.45) is 0 Å². The molecule has 128 valence electrons. The molecule has 3 rings (SSSR count). The number of aromatic nitrogens is 1. The summed E-state index contributed by atoms with van der Waals surface area (Å²) in [4.78, 5) is 28.2. The molecule has 0 unspecified atom stereocenters. The molecule has 2 heterocycles. The van der Waals surface area contributed by atoms with Crippen molar-refractivity contribution in [1.82, 2.24) is 10.3 Å². The van der Waals surface area contributed by atoms with Gasteiger partial charge in [0, 0.05) is 10.9 Å². The number of carbonyl (C=O) groups excluding carboxylic acids is 2. The fourth-order valence-electron chi connectivity index (χ4n) is 2.07. The van der Waals surface area contributed by atoms with Crippen LogP contribution in [0.1, 0.15) is 32.4 Å². The van der Waals surface area contributed by atoms with Crippen LogP contribution < -0.4 is 10.6 Å². The molecule has 6 nitrogen and oxygen atoms in total. The van der Waals surface area contributed by atoms with Gasteiger partial charge < -0.3 is 9.73 Å². The number of nitrogens with one attached hydrogen (secondary N) is 2. The van der Waals surface area contributed by atoms with Gasteiger partial charge in [-0.1, -0.05) is 6.07 Å². The van der Waals surface area contributed by atoms with Gasteiger partial charge in [0.05, 0.1) is 6.54 Å². The summed E-state index contributed by atoms with van der Waals surface area (Å²) in [6.07, 6.45) is 0. The molecular weight excluding hydrogens is 345 g/mol. The number of anilines is 1. The van der Waals surface area contributed by atoms with E-state index in [1.807, 2.05) is 13.0 Å². The van der Waals surface area contributed by atoms with Crippen molar-refractivity contribution in [3.8, 4) is 0 Å². The highest BCUT2D eigenvalue weighted by molar-refractivity contribution is 7.14. The zero-order valence-corrected chi connectivity index (χ0v) is 14.0. The summed E-state index contributed by atoms with van der Waals surface area (Å²) in [6, 6.07) is 8.91. The van der Waals surface area contributed by atoms with Crippen LogP contribution >= 0.6 is 11.3 Å². The van der Waals surface area contributed by atoms with Gasteiger partial charge in [0.1, 0.15) is 23.0 Å². The van der Waals surface area contributed by atoms with Gasteiger partial charge in [0.25, 0.3) is 11.8 Å². The monoisotopic (exact) mass is 359 g/mol. The van der Waals surface area contributed by atoms with E-state index >= 15 is 0 Å². The normalized spacial score (nSPS) is 10.5. The predicted molar refractivity (Wildman–Crippen MR) is 91.1 cm³/mol. The van der Waals surface area contributed by atoms with Crippen molar-refractivity contribution in [1.29, 1.82) is 0 Å². The van der Waals surface area contributed by atoms with Crippen molar-refractivity contribution in [2.45, 2.75) is 13.5 Å². The molecule has 0 spiro atoms. The van der Waals surface area contributed by atoms with E-state index < -0.39 is 11.7 Å². The summed E-state index contributed by atoms with van der Waals surface area (Å²) in [5, 5.41) is 7.01. The highest BCUT2D eigenvalue weighted by atomic mass is 32.1. The predicted octanol–water partition coefficient (Wildman–Crippen LogP) is 3.37. The molecule has 2 N–H and O–H groups in total. The summed E-state index contributed by atoms with van der Waals surface area (Å²) >= 11 is 1.11. The van der Waals surface area contributed by atoms with Crippen LogP contribution in [0.25, 0.3) is 0 Å². The molecule has 25 heavy (non-hydrogen) atoms. The first kappa shape index (κ1) is 16.8. The average Bonchev–Trinajstić information content (AvgIpc) is 3.22. The largest absolute Gasteiger partial charge is 0.465 e. The zero-order valence-electron chi connectivity index (χ0n) is 13.2. The molecule has 2 aromatic heterocycles. The lowest BCUT2D eigenvalue weighted by Gasteiger charge is -2.02. The van der Waals surface area contributed by atoms with Gasteiger partial charge in [-0.25, -0.2) is 9.37 Å². The van der Waals surface area contributed by atoms with Gasteiger partial charge in [-0.05, 0) is 37.3 Å². The number of amides is 2. The van der Waals surface area contributed by atoms with Crippen LogP contribution in [-0.4, -0.2) is 16.8 Å². The number of aryl methyl sites for hydroxylation is 1. The molecule has 0 bridgehead atoms. The Hall–Kier alpha value is -3.00. The maximum Gasteiger partial charge on any atom is 0.271 e. The number of hydrogen-bond acceptors (Lipinski definition) is 5. The summed E-state index contributed by atoms with van der Waals surface area (Å²) in [5.41, 5.74) is 0.359. The van der Waals surface area contributed by atoms with Gasteiger partial charge in [-0.2, -0.15) is 0 Å². The lowest BCUT2D eigenvalue weighted by Crippen LogP contribution is -2.23. The van der Waals surface area contributed by atoms with Crippen LogP contribution in [0, 0.1) is 12.7 Å². The van der Waals surface area contributed by atoms with Crippen molar-refractivity contribution in [2.75, 3.05) is 5.32 Å². The number of carbonyl (C=O) groups is 2.